The van der Waals surface area contributed by atoms with E-state index in [1.54, 1.807) is 0 Å². The van der Waals surface area contributed by atoms with Crippen LogP contribution in [0.15, 0.2) is 48.5 Å². The van der Waals surface area contributed by atoms with E-state index in [1.807, 2.05) is 24.3 Å². The first-order valence-corrected chi connectivity index (χ1v) is 4.93. The van der Waals surface area contributed by atoms with Gasteiger partial charge in [-0.2, -0.15) is 0 Å². The Morgan fingerprint density at radius 2 is 1.60 bits per heavy atom. The van der Waals surface area contributed by atoms with Crippen molar-refractivity contribution in [2.75, 3.05) is 5.73 Å². The second-order valence-electron chi connectivity index (χ2n) is 3.68. The number of nitrogens with two attached hydrogens (primary N) is 1. The third kappa shape index (κ3) is 1.24. The SMILES string of the molecule is Nc1[c]ccc2cc3ccccc3cc12. The summed E-state index contributed by atoms with van der Waals surface area (Å²) in [5.74, 6) is 0. The molecule has 0 saturated carbocycles. The Morgan fingerprint density at radius 3 is 2.40 bits per heavy atom. The van der Waals surface area contributed by atoms with Crippen molar-refractivity contribution >= 4 is 27.2 Å². The van der Waals surface area contributed by atoms with Gasteiger partial charge in [0, 0.05) is 17.1 Å². The van der Waals surface area contributed by atoms with E-state index in [2.05, 4.69) is 30.3 Å². The van der Waals surface area contributed by atoms with Crippen molar-refractivity contribution in [3.05, 3.63) is 54.6 Å². The minimum Gasteiger partial charge on any atom is -0.398 e. The first-order chi connectivity index (χ1) is 7.34. The van der Waals surface area contributed by atoms with Crippen LogP contribution in [0, 0.1) is 6.07 Å². The van der Waals surface area contributed by atoms with Gasteiger partial charge in [0.15, 0.2) is 0 Å². The molecule has 0 aromatic heterocycles. The molecule has 3 aromatic rings. The monoisotopic (exact) mass is 192 g/mol. The van der Waals surface area contributed by atoms with Crippen LogP contribution in [0.1, 0.15) is 0 Å². The molecule has 2 N–H and O–H groups in total. The zero-order valence-electron chi connectivity index (χ0n) is 8.20. The van der Waals surface area contributed by atoms with Crippen LogP contribution in [-0.2, 0) is 0 Å². The van der Waals surface area contributed by atoms with Gasteiger partial charge < -0.3 is 5.73 Å². The van der Waals surface area contributed by atoms with Crippen molar-refractivity contribution in [1.82, 2.24) is 0 Å². The van der Waals surface area contributed by atoms with Crippen LogP contribution in [-0.4, -0.2) is 0 Å². The quantitative estimate of drug-likeness (QED) is 0.429. The van der Waals surface area contributed by atoms with Crippen molar-refractivity contribution in [2.24, 2.45) is 0 Å². The van der Waals surface area contributed by atoms with E-state index in [0.717, 1.165) is 11.1 Å². The molecule has 0 spiro atoms. The van der Waals surface area contributed by atoms with Crippen molar-refractivity contribution in [3.8, 4) is 0 Å². The maximum Gasteiger partial charge on any atom is 0.0474 e. The highest BCUT2D eigenvalue weighted by molar-refractivity contribution is 6.02. The molecule has 1 radical (unpaired) electrons. The number of nitrogen functional groups attached to an aromatic ring is 1. The second-order valence-corrected chi connectivity index (χ2v) is 3.68. The molecular formula is C14H10N. The molecule has 71 valence electrons. The van der Waals surface area contributed by atoms with E-state index < -0.39 is 0 Å². The molecular weight excluding hydrogens is 182 g/mol. The van der Waals surface area contributed by atoms with E-state index in [-0.39, 0.29) is 0 Å². The minimum atomic E-state index is 0.721. The number of anilines is 1. The number of benzene rings is 3. The Bertz CT molecular complexity index is 641. The molecule has 0 heterocycles. The summed E-state index contributed by atoms with van der Waals surface area (Å²) in [6.07, 6.45) is 0. The summed E-state index contributed by atoms with van der Waals surface area (Å²) in [6, 6.07) is 19.5. The molecule has 15 heavy (non-hydrogen) atoms. The molecule has 3 aromatic carbocycles. The third-order valence-corrected chi connectivity index (χ3v) is 2.71. The van der Waals surface area contributed by atoms with Crippen molar-refractivity contribution in [2.45, 2.75) is 0 Å². The van der Waals surface area contributed by atoms with Crippen molar-refractivity contribution < 1.29 is 0 Å². The first-order valence-electron chi connectivity index (χ1n) is 4.93. The Balaban J connectivity index is 2.53. The molecule has 0 aliphatic carbocycles. The summed E-state index contributed by atoms with van der Waals surface area (Å²) in [4.78, 5) is 0. The van der Waals surface area contributed by atoms with Gasteiger partial charge in [-0.15, -0.1) is 0 Å². The largest absolute Gasteiger partial charge is 0.398 e. The van der Waals surface area contributed by atoms with Gasteiger partial charge in [0.25, 0.3) is 0 Å². The zero-order chi connectivity index (χ0) is 10.3. The Morgan fingerprint density at radius 1 is 0.867 bits per heavy atom. The molecule has 0 fully saturated rings. The van der Waals surface area contributed by atoms with Gasteiger partial charge in [0.05, 0.1) is 0 Å². The number of rotatable bonds is 0. The summed E-state index contributed by atoms with van der Waals surface area (Å²) in [7, 11) is 0. The third-order valence-electron chi connectivity index (χ3n) is 2.71. The molecule has 0 amide bonds. The Labute approximate surface area is 88.1 Å². The normalized spacial score (nSPS) is 10.9. The van der Waals surface area contributed by atoms with Crippen LogP contribution in [0.3, 0.4) is 0 Å². The van der Waals surface area contributed by atoms with Crippen molar-refractivity contribution in [1.29, 1.82) is 0 Å². The van der Waals surface area contributed by atoms with Gasteiger partial charge >= 0.3 is 0 Å². The van der Waals surface area contributed by atoms with Crippen LogP contribution in [0.4, 0.5) is 5.69 Å². The molecule has 0 bridgehead atoms. The highest BCUT2D eigenvalue weighted by Gasteiger charge is 1.99. The lowest BCUT2D eigenvalue weighted by atomic mass is 10.0. The van der Waals surface area contributed by atoms with Crippen LogP contribution in [0.25, 0.3) is 21.5 Å². The number of hydrogen-bond acceptors (Lipinski definition) is 1. The summed E-state index contributed by atoms with van der Waals surface area (Å²) in [5.41, 5.74) is 6.61. The van der Waals surface area contributed by atoms with E-state index in [1.165, 1.54) is 16.2 Å². The lowest BCUT2D eigenvalue weighted by molar-refractivity contribution is 1.73. The zero-order valence-corrected chi connectivity index (χ0v) is 8.20. The minimum absolute atomic E-state index is 0.721. The van der Waals surface area contributed by atoms with Crippen LogP contribution in [0.5, 0.6) is 0 Å². The highest BCUT2D eigenvalue weighted by atomic mass is 14.5. The standard InChI is InChI=1S/C14H10N/c15-14-7-3-6-12-8-10-4-1-2-5-11(10)9-13(12)14/h1-6,8-9H,15H2. The molecule has 0 unspecified atom stereocenters. The summed E-state index contributed by atoms with van der Waals surface area (Å²) < 4.78 is 0. The van der Waals surface area contributed by atoms with E-state index in [9.17, 15) is 0 Å². The predicted octanol–water partition coefficient (Wildman–Crippen LogP) is 3.38. The summed E-state index contributed by atoms with van der Waals surface area (Å²) >= 11 is 0. The molecule has 0 atom stereocenters. The fourth-order valence-electron chi connectivity index (χ4n) is 1.93. The van der Waals surface area contributed by atoms with E-state index in [0.29, 0.717) is 0 Å². The molecule has 0 aliphatic rings. The fourth-order valence-corrected chi connectivity index (χ4v) is 1.93. The Kier molecular flexibility index (Phi) is 1.65. The number of hydrogen-bond donors (Lipinski definition) is 1. The maximum absolute atomic E-state index is 5.89. The van der Waals surface area contributed by atoms with Crippen molar-refractivity contribution in [3.63, 3.8) is 0 Å². The second kappa shape index (κ2) is 2.99. The van der Waals surface area contributed by atoms with Gasteiger partial charge in [-0.25, -0.2) is 0 Å². The van der Waals surface area contributed by atoms with E-state index in [4.69, 9.17) is 5.73 Å². The lowest BCUT2D eigenvalue weighted by Crippen LogP contribution is -1.86. The van der Waals surface area contributed by atoms with Gasteiger partial charge in [-0.05, 0) is 28.3 Å². The molecule has 1 heteroatoms. The average Bonchev–Trinajstić information content (AvgIpc) is 2.27. The lowest BCUT2D eigenvalue weighted by Gasteiger charge is -2.03. The first kappa shape index (κ1) is 8.30. The molecule has 0 saturated heterocycles. The van der Waals surface area contributed by atoms with Gasteiger partial charge in [-0.1, -0.05) is 36.4 Å². The maximum atomic E-state index is 5.89. The van der Waals surface area contributed by atoms with Crippen LogP contribution in [0.2, 0.25) is 0 Å². The summed E-state index contributed by atoms with van der Waals surface area (Å²) in [5, 5.41) is 4.72. The van der Waals surface area contributed by atoms with Gasteiger partial charge in [-0.3, -0.25) is 0 Å². The molecule has 0 aliphatic heterocycles. The van der Waals surface area contributed by atoms with Crippen LogP contribution < -0.4 is 5.73 Å². The smallest absolute Gasteiger partial charge is 0.0474 e. The van der Waals surface area contributed by atoms with Gasteiger partial charge in [0.1, 0.15) is 0 Å². The number of fused-ring (bicyclic) bond motifs is 2. The van der Waals surface area contributed by atoms with Gasteiger partial charge in [0.2, 0.25) is 0 Å². The van der Waals surface area contributed by atoms with Crippen LogP contribution >= 0.6 is 0 Å². The Hall–Kier alpha value is -2.02. The average molecular weight is 192 g/mol. The summed E-state index contributed by atoms with van der Waals surface area (Å²) in [6.45, 7) is 0. The van der Waals surface area contributed by atoms with E-state index >= 15 is 0 Å². The molecule has 3 rings (SSSR count). The highest BCUT2D eigenvalue weighted by Crippen LogP contribution is 2.26. The predicted molar refractivity (Wildman–Crippen MR) is 64.7 cm³/mol. The fraction of sp³-hybridized carbons (Fsp3) is 0. The topological polar surface area (TPSA) is 26.0 Å². The molecule has 1 nitrogen and oxygen atoms in total.